The number of carbonyl (C=O) groups excluding carboxylic acids is 1. The molecule has 2 aliphatic rings. The van der Waals surface area contributed by atoms with Gasteiger partial charge in [0.15, 0.2) is 0 Å². The van der Waals surface area contributed by atoms with Crippen LogP contribution in [-0.2, 0) is 4.79 Å². The van der Waals surface area contributed by atoms with Crippen LogP contribution >= 0.6 is 11.8 Å². The fraction of sp³-hybridized carbons (Fsp3) is 0.611. The minimum Gasteiger partial charge on any atom is -0.497 e. The third-order valence-electron chi connectivity index (χ3n) is 4.82. The summed E-state index contributed by atoms with van der Waals surface area (Å²) in [6.07, 6.45) is 5.93. The van der Waals surface area contributed by atoms with Gasteiger partial charge in [0.05, 0.1) is 7.11 Å². The van der Waals surface area contributed by atoms with E-state index in [0.29, 0.717) is 11.2 Å². The largest absolute Gasteiger partial charge is 0.497 e. The van der Waals surface area contributed by atoms with Gasteiger partial charge in [-0.05, 0) is 30.5 Å². The van der Waals surface area contributed by atoms with E-state index in [2.05, 4.69) is 17.0 Å². The van der Waals surface area contributed by atoms with Gasteiger partial charge in [-0.3, -0.25) is 4.79 Å². The summed E-state index contributed by atoms with van der Waals surface area (Å²) in [5, 5.41) is 0.396. The molecule has 1 atom stereocenters. The zero-order valence-corrected chi connectivity index (χ0v) is 14.1. The first-order chi connectivity index (χ1) is 10.8. The lowest BCUT2D eigenvalue weighted by Gasteiger charge is -2.35. The minimum absolute atomic E-state index is 0.286. The predicted molar refractivity (Wildman–Crippen MR) is 91.3 cm³/mol. The van der Waals surface area contributed by atoms with Gasteiger partial charge in [-0.15, -0.1) is 0 Å². The Kier molecular flexibility index (Phi) is 5.29. The molecule has 0 aromatic heterocycles. The highest BCUT2D eigenvalue weighted by atomic mass is 32.2. The quantitative estimate of drug-likeness (QED) is 0.846. The molecule has 1 amide bonds. The molecule has 3 rings (SSSR count). The number of hydrogen-bond donors (Lipinski definition) is 0. The van der Waals surface area contributed by atoms with E-state index in [1.807, 2.05) is 23.9 Å². The number of hydrogen-bond acceptors (Lipinski definition) is 3. The maximum atomic E-state index is 12.7. The number of thioether (sulfide) groups is 1. The lowest BCUT2D eigenvalue weighted by atomic mass is 9.88. The van der Waals surface area contributed by atoms with Crippen LogP contribution < -0.4 is 4.74 Å². The number of ether oxygens (including phenoxy) is 1. The number of carbonyl (C=O) groups is 1. The van der Waals surface area contributed by atoms with Crippen molar-refractivity contribution in [3.8, 4) is 5.75 Å². The molecule has 2 fully saturated rings. The molecule has 1 unspecified atom stereocenters. The molecule has 1 aliphatic heterocycles. The van der Waals surface area contributed by atoms with Crippen LogP contribution in [-0.4, -0.2) is 36.8 Å². The second-order valence-corrected chi connectivity index (χ2v) is 7.56. The Bertz CT molecular complexity index is 496. The van der Waals surface area contributed by atoms with Gasteiger partial charge in [-0.2, -0.15) is 11.8 Å². The van der Waals surface area contributed by atoms with E-state index in [0.717, 1.165) is 37.4 Å². The molecule has 1 heterocycles. The van der Waals surface area contributed by atoms with Crippen LogP contribution in [0, 0.1) is 5.92 Å². The van der Waals surface area contributed by atoms with Crippen LogP contribution in [0.3, 0.4) is 0 Å². The van der Waals surface area contributed by atoms with Crippen molar-refractivity contribution in [1.82, 2.24) is 4.90 Å². The number of methoxy groups -OCH3 is 1. The van der Waals surface area contributed by atoms with E-state index >= 15 is 0 Å². The molecule has 0 radical (unpaired) electrons. The molecule has 0 bridgehead atoms. The lowest BCUT2D eigenvalue weighted by molar-refractivity contribution is -0.136. The van der Waals surface area contributed by atoms with Crippen molar-refractivity contribution in [2.75, 3.05) is 26.0 Å². The Morgan fingerprint density at radius 2 is 1.91 bits per heavy atom. The van der Waals surface area contributed by atoms with Crippen LogP contribution in [0.15, 0.2) is 24.3 Å². The summed E-state index contributed by atoms with van der Waals surface area (Å²) >= 11 is 1.96. The van der Waals surface area contributed by atoms with Crippen molar-refractivity contribution in [3.63, 3.8) is 0 Å². The van der Waals surface area contributed by atoms with Gasteiger partial charge in [0.1, 0.15) is 5.75 Å². The average Bonchev–Trinajstić information content (AvgIpc) is 2.62. The molecule has 1 aromatic carbocycles. The summed E-state index contributed by atoms with van der Waals surface area (Å²) in [6.45, 7) is 1.76. The summed E-state index contributed by atoms with van der Waals surface area (Å²) in [5.41, 5.74) is 1.30. The van der Waals surface area contributed by atoms with E-state index in [1.165, 1.54) is 24.8 Å². The predicted octanol–water partition coefficient (Wildman–Crippen LogP) is 3.89. The van der Waals surface area contributed by atoms with Crippen molar-refractivity contribution in [1.29, 1.82) is 0 Å². The van der Waals surface area contributed by atoms with Crippen LogP contribution in [0.4, 0.5) is 0 Å². The fourth-order valence-electron chi connectivity index (χ4n) is 3.48. The van der Waals surface area contributed by atoms with E-state index in [-0.39, 0.29) is 5.92 Å². The Hall–Kier alpha value is -1.16. The van der Waals surface area contributed by atoms with Crippen molar-refractivity contribution >= 4 is 17.7 Å². The Morgan fingerprint density at radius 1 is 1.18 bits per heavy atom. The van der Waals surface area contributed by atoms with Crippen LogP contribution in [0.25, 0.3) is 0 Å². The molecular weight excluding hydrogens is 294 g/mol. The molecular formula is C18H25NO2S. The normalized spacial score (nSPS) is 23.3. The Balaban J connectivity index is 1.64. The molecule has 1 saturated heterocycles. The highest BCUT2D eigenvalue weighted by molar-refractivity contribution is 7.99. The molecule has 120 valence electrons. The van der Waals surface area contributed by atoms with Gasteiger partial charge in [-0.1, -0.05) is 31.4 Å². The van der Waals surface area contributed by atoms with E-state index in [9.17, 15) is 4.79 Å². The first-order valence-electron chi connectivity index (χ1n) is 8.32. The first kappa shape index (κ1) is 15.7. The molecule has 1 aromatic rings. The highest BCUT2D eigenvalue weighted by Gasteiger charge is 2.30. The third kappa shape index (κ3) is 3.60. The van der Waals surface area contributed by atoms with Crippen molar-refractivity contribution in [3.05, 3.63) is 29.8 Å². The molecule has 22 heavy (non-hydrogen) atoms. The number of amides is 1. The lowest BCUT2D eigenvalue weighted by Crippen LogP contribution is -2.43. The third-order valence-corrected chi connectivity index (χ3v) is 6.06. The monoisotopic (exact) mass is 319 g/mol. The van der Waals surface area contributed by atoms with Crippen LogP contribution in [0.5, 0.6) is 5.75 Å². The second-order valence-electron chi connectivity index (χ2n) is 6.25. The van der Waals surface area contributed by atoms with E-state index in [4.69, 9.17) is 4.74 Å². The van der Waals surface area contributed by atoms with Gasteiger partial charge in [0, 0.05) is 30.0 Å². The smallest absolute Gasteiger partial charge is 0.225 e. The molecule has 4 heteroatoms. The molecule has 1 aliphatic carbocycles. The zero-order chi connectivity index (χ0) is 15.4. The fourth-order valence-corrected chi connectivity index (χ4v) is 4.72. The summed E-state index contributed by atoms with van der Waals surface area (Å²) in [7, 11) is 1.69. The van der Waals surface area contributed by atoms with Gasteiger partial charge in [0.2, 0.25) is 5.91 Å². The van der Waals surface area contributed by atoms with Gasteiger partial charge >= 0.3 is 0 Å². The highest BCUT2D eigenvalue weighted by Crippen LogP contribution is 2.35. The minimum atomic E-state index is 0.286. The molecule has 1 saturated carbocycles. The standard InChI is InChI=1S/C18H25NO2S/c1-21-16-9-7-14(8-10-16)17-13-19(11-12-22-17)18(20)15-5-3-2-4-6-15/h7-10,15,17H,2-6,11-13H2,1H3. The first-order valence-corrected chi connectivity index (χ1v) is 9.37. The summed E-state index contributed by atoms with van der Waals surface area (Å²) in [4.78, 5) is 14.8. The zero-order valence-electron chi connectivity index (χ0n) is 13.3. The average molecular weight is 319 g/mol. The topological polar surface area (TPSA) is 29.5 Å². The van der Waals surface area contributed by atoms with Gasteiger partial charge in [0.25, 0.3) is 0 Å². The van der Waals surface area contributed by atoms with E-state index in [1.54, 1.807) is 7.11 Å². The Morgan fingerprint density at radius 3 is 2.59 bits per heavy atom. The van der Waals surface area contributed by atoms with Crippen LogP contribution in [0.2, 0.25) is 0 Å². The maximum Gasteiger partial charge on any atom is 0.225 e. The summed E-state index contributed by atoms with van der Waals surface area (Å²) in [6, 6.07) is 8.28. The SMILES string of the molecule is COc1ccc(C2CN(C(=O)C3CCCCC3)CCS2)cc1. The number of nitrogens with zero attached hydrogens (tertiary/aromatic N) is 1. The summed E-state index contributed by atoms with van der Waals surface area (Å²) < 4.78 is 5.22. The van der Waals surface area contributed by atoms with Crippen molar-refractivity contribution < 1.29 is 9.53 Å². The number of rotatable bonds is 3. The number of benzene rings is 1. The van der Waals surface area contributed by atoms with Gasteiger partial charge in [-0.25, -0.2) is 0 Å². The van der Waals surface area contributed by atoms with Gasteiger partial charge < -0.3 is 9.64 Å². The Labute approximate surface area is 137 Å². The molecule has 3 nitrogen and oxygen atoms in total. The van der Waals surface area contributed by atoms with Crippen molar-refractivity contribution in [2.45, 2.75) is 37.4 Å². The summed E-state index contributed by atoms with van der Waals surface area (Å²) in [5.74, 6) is 2.61. The second kappa shape index (κ2) is 7.40. The van der Waals surface area contributed by atoms with Crippen LogP contribution in [0.1, 0.15) is 42.9 Å². The van der Waals surface area contributed by atoms with E-state index < -0.39 is 0 Å². The maximum absolute atomic E-state index is 12.7. The molecule has 0 N–H and O–H groups in total. The van der Waals surface area contributed by atoms with Crippen molar-refractivity contribution in [2.24, 2.45) is 5.92 Å². The molecule has 0 spiro atoms.